The molecule has 0 aliphatic rings. The van der Waals surface area contributed by atoms with Crippen LogP contribution in [0.15, 0.2) is 18.2 Å². The zero-order chi connectivity index (χ0) is 15.3. The summed E-state index contributed by atoms with van der Waals surface area (Å²) in [7, 11) is 0. The van der Waals surface area contributed by atoms with Crippen LogP contribution in [0.5, 0.6) is 0 Å². The van der Waals surface area contributed by atoms with E-state index in [-0.39, 0.29) is 18.2 Å². The third-order valence-corrected chi connectivity index (χ3v) is 3.17. The normalized spacial score (nSPS) is 10.6. The van der Waals surface area contributed by atoms with E-state index in [9.17, 15) is 14.9 Å². The van der Waals surface area contributed by atoms with Gasteiger partial charge in [-0.15, -0.1) is 0 Å². The van der Waals surface area contributed by atoms with E-state index in [1.54, 1.807) is 6.07 Å². The number of hydrogen-bond acceptors (Lipinski definition) is 4. The van der Waals surface area contributed by atoms with Gasteiger partial charge in [0.25, 0.3) is 5.69 Å². The molecule has 110 valence electrons. The summed E-state index contributed by atoms with van der Waals surface area (Å²) in [6.07, 6.45) is 0.564. The predicted octanol–water partition coefficient (Wildman–Crippen LogP) is 3.33. The zero-order valence-electron chi connectivity index (χ0n) is 11.4. The summed E-state index contributed by atoms with van der Waals surface area (Å²) in [5, 5.41) is 19.6. The Balaban J connectivity index is 2.91. The Morgan fingerprint density at radius 3 is 2.60 bits per heavy atom. The predicted molar refractivity (Wildman–Crippen MR) is 77.5 cm³/mol. The second kappa shape index (κ2) is 7.09. The van der Waals surface area contributed by atoms with Gasteiger partial charge in [-0.1, -0.05) is 11.6 Å². The SMILES string of the molecule is CC(C)N(CCCC(=O)O)c1ccc([N+](=O)[O-])cc1Cl. The minimum absolute atomic E-state index is 0.0620. The molecule has 0 amide bonds. The van der Waals surface area contributed by atoms with Crippen LogP contribution in [0.25, 0.3) is 0 Å². The van der Waals surface area contributed by atoms with Crippen LogP contribution in [0.3, 0.4) is 0 Å². The Kier molecular flexibility index (Phi) is 5.76. The third-order valence-electron chi connectivity index (χ3n) is 2.86. The Labute approximate surface area is 122 Å². The third kappa shape index (κ3) is 4.38. The minimum Gasteiger partial charge on any atom is -0.481 e. The number of nitrogens with zero attached hydrogens (tertiary/aromatic N) is 2. The molecule has 20 heavy (non-hydrogen) atoms. The summed E-state index contributed by atoms with van der Waals surface area (Å²) < 4.78 is 0. The highest BCUT2D eigenvalue weighted by Gasteiger charge is 2.17. The minimum atomic E-state index is -0.844. The van der Waals surface area contributed by atoms with Gasteiger partial charge in [0.05, 0.1) is 15.6 Å². The van der Waals surface area contributed by atoms with Gasteiger partial charge in [0, 0.05) is 31.1 Å². The van der Waals surface area contributed by atoms with E-state index in [2.05, 4.69) is 0 Å². The van der Waals surface area contributed by atoms with Crippen molar-refractivity contribution in [2.75, 3.05) is 11.4 Å². The van der Waals surface area contributed by atoms with E-state index in [1.165, 1.54) is 12.1 Å². The molecule has 0 aliphatic heterocycles. The highest BCUT2D eigenvalue weighted by molar-refractivity contribution is 6.33. The first-order valence-electron chi connectivity index (χ1n) is 6.25. The molecule has 0 fully saturated rings. The monoisotopic (exact) mass is 300 g/mol. The summed E-state index contributed by atoms with van der Waals surface area (Å²) in [6, 6.07) is 4.42. The van der Waals surface area contributed by atoms with E-state index in [4.69, 9.17) is 16.7 Å². The number of carbonyl (C=O) groups is 1. The second-order valence-electron chi connectivity index (χ2n) is 4.68. The fourth-order valence-electron chi connectivity index (χ4n) is 1.90. The first kappa shape index (κ1) is 16.2. The number of aliphatic carboxylic acids is 1. The summed E-state index contributed by atoms with van der Waals surface area (Å²) >= 11 is 6.09. The average Bonchev–Trinajstić information content (AvgIpc) is 2.34. The van der Waals surface area contributed by atoms with Crippen molar-refractivity contribution in [2.45, 2.75) is 32.7 Å². The van der Waals surface area contributed by atoms with Gasteiger partial charge < -0.3 is 10.0 Å². The van der Waals surface area contributed by atoms with Crippen LogP contribution in [0.1, 0.15) is 26.7 Å². The lowest BCUT2D eigenvalue weighted by atomic mass is 10.2. The van der Waals surface area contributed by atoms with Crippen LogP contribution in [-0.4, -0.2) is 28.6 Å². The lowest BCUT2D eigenvalue weighted by molar-refractivity contribution is -0.384. The van der Waals surface area contributed by atoms with E-state index in [1.807, 2.05) is 18.7 Å². The molecule has 0 bridgehead atoms. The van der Waals surface area contributed by atoms with Crippen molar-refractivity contribution in [3.05, 3.63) is 33.3 Å². The molecule has 7 heteroatoms. The lowest BCUT2D eigenvalue weighted by Crippen LogP contribution is -2.32. The largest absolute Gasteiger partial charge is 0.481 e. The number of benzene rings is 1. The smallest absolute Gasteiger partial charge is 0.303 e. The van der Waals surface area contributed by atoms with Crippen LogP contribution in [0, 0.1) is 10.1 Å². The van der Waals surface area contributed by atoms with E-state index in [0.29, 0.717) is 23.7 Å². The standard InChI is InChI=1S/C13H17ClN2O4/c1-9(2)15(7-3-4-13(17)18)12-6-5-10(16(19)20)8-11(12)14/h5-6,8-9H,3-4,7H2,1-2H3,(H,17,18). The molecule has 6 nitrogen and oxygen atoms in total. The van der Waals surface area contributed by atoms with Crippen LogP contribution in [0.2, 0.25) is 5.02 Å². The maximum Gasteiger partial charge on any atom is 0.303 e. The molecule has 1 N–H and O–H groups in total. The Bertz CT molecular complexity index is 505. The topological polar surface area (TPSA) is 83.7 Å². The molecular weight excluding hydrogens is 284 g/mol. The van der Waals surface area contributed by atoms with Gasteiger partial charge in [0.2, 0.25) is 0 Å². The number of carboxylic acid groups (broad SMARTS) is 1. The van der Waals surface area contributed by atoms with Crippen molar-refractivity contribution < 1.29 is 14.8 Å². The fraction of sp³-hybridized carbons (Fsp3) is 0.462. The molecule has 0 unspecified atom stereocenters. The molecule has 0 saturated carbocycles. The summed E-state index contributed by atoms with van der Waals surface area (Å²) in [6.45, 7) is 4.44. The number of rotatable bonds is 7. The first-order valence-corrected chi connectivity index (χ1v) is 6.63. The molecule has 1 rings (SSSR count). The number of nitro groups is 1. The molecule has 0 aromatic heterocycles. The number of non-ortho nitro benzene ring substituents is 1. The molecule has 0 saturated heterocycles. The zero-order valence-corrected chi connectivity index (χ0v) is 12.1. The van der Waals surface area contributed by atoms with Crippen molar-refractivity contribution in [3.8, 4) is 0 Å². The van der Waals surface area contributed by atoms with Gasteiger partial charge in [-0.3, -0.25) is 14.9 Å². The van der Waals surface area contributed by atoms with Crippen molar-refractivity contribution in [1.29, 1.82) is 0 Å². The second-order valence-corrected chi connectivity index (χ2v) is 5.08. The maximum absolute atomic E-state index is 10.7. The van der Waals surface area contributed by atoms with Gasteiger partial charge in [-0.25, -0.2) is 0 Å². The number of halogens is 1. The summed E-state index contributed by atoms with van der Waals surface area (Å²) in [5.41, 5.74) is 0.616. The number of hydrogen-bond donors (Lipinski definition) is 1. The number of nitro benzene ring substituents is 1. The average molecular weight is 301 g/mol. The molecule has 0 radical (unpaired) electrons. The molecule has 0 atom stereocenters. The molecule has 1 aromatic carbocycles. The molecule has 0 spiro atoms. The quantitative estimate of drug-likeness (QED) is 0.617. The van der Waals surface area contributed by atoms with Gasteiger partial charge in [-0.2, -0.15) is 0 Å². The number of carboxylic acids is 1. The van der Waals surface area contributed by atoms with Gasteiger partial charge >= 0.3 is 5.97 Å². The Morgan fingerprint density at radius 1 is 1.50 bits per heavy atom. The van der Waals surface area contributed by atoms with Crippen LogP contribution < -0.4 is 4.90 Å². The Hall–Kier alpha value is -1.82. The van der Waals surface area contributed by atoms with Crippen molar-refractivity contribution in [1.82, 2.24) is 0 Å². The van der Waals surface area contributed by atoms with Crippen molar-refractivity contribution in [3.63, 3.8) is 0 Å². The van der Waals surface area contributed by atoms with Crippen LogP contribution in [-0.2, 0) is 4.79 Å². The fourth-order valence-corrected chi connectivity index (χ4v) is 2.18. The van der Waals surface area contributed by atoms with E-state index >= 15 is 0 Å². The van der Waals surface area contributed by atoms with Crippen molar-refractivity contribution in [2.24, 2.45) is 0 Å². The summed E-state index contributed by atoms with van der Waals surface area (Å²) in [4.78, 5) is 22.7. The molecular formula is C13H17ClN2O4. The summed E-state index contributed by atoms with van der Waals surface area (Å²) in [5.74, 6) is -0.844. The van der Waals surface area contributed by atoms with Gasteiger partial charge in [0.1, 0.15) is 0 Å². The van der Waals surface area contributed by atoms with Crippen LogP contribution in [0.4, 0.5) is 11.4 Å². The van der Waals surface area contributed by atoms with Crippen LogP contribution >= 0.6 is 11.6 Å². The maximum atomic E-state index is 10.7. The molecule has 0 heterocycles. The highest BCUT2D eigenvalue weighted by atomic mass is 35.5. The van der Waals surface area contributed by atoms with E-state index in [0.717, 1.165) is 0 Å². The molecule has 1 aromatic rings. The van der Waals surface area contributed by atoms with Gasteiger partial charge in [0.15, 0.2) is 0 Å². The lowest BCUT2D eigenvalue weighted by Gasteiger charge is -2.29. The first-order chi connectivity index (χ1) is 9.32. The molecule has 0 aliphatic carbocycles. The number of anilines is 1. The highest BCUT2D eigenvalue weighted by Crippen LogP contribution is 2.31. The van der Waals surface area contributed by atoms with Gasteiger partial charge in [-0.05, 0) is 26.3 Å². The Morgan fingerprint density at radius 2 is 2.15 bits per heavy atom. The van der Waals surface area contributed by atoms with Crippen molar-refractivity contribution >= 4 is 28.9 Å². The van der Waals surface area contributed by atoms with E-state index < -0.39 is 10.9 Å².